The summed E-state index contributed by atoms with van der Waals surface area (Å²) >= 11 is 1.10. The fourth-order valence-electron chi connectivity index (χ4n) is 4.90. The van der Waals surface area contributed by atoms with Crippen molar-refractivity contribution < 1.29 is 28.6 Å². The minimum absolute atomic E-state index is 0.0639. The van der Waals surface area contributed by atoms with Crippen molar-refractivity contribution in [2.45, 2.75) is 12.2 Å². The zero-order valence-corrected chi connectivity index (χ0v) is 23.2. The number of hydrogen-bond donors (Lipinski definition) is 3. The molecule has 6 rings (SSSR count). The number of rotatable bonds is 6. The van der Waals surface area contributed by atoms with Gasteiger partial charge in [0.25, 0.3) is 11.8 Å². The highest BCUT2D eigenvalue weighted by Gasteiger charge is 2.25. The topological polar surface area (TPSA) is 133 Å². The number of carbonyl (C=O) groups is 3. The lowest BCUT2D eigenvalue weighted by molar-refractivity contribution is 0.0276. The third-order valence-corrected chi connectivity index (χ3v) is 8.21. The molecular formula is C29H29N5O6S. The van der Waals surface area contributed by atoms with Gasteiger partial charge in [-0.25, -0.2) is 4.79 Å². The van der Waals surface area contributed by atoms with E-state index in [4.69, 9.17) is 14.2 Å². The van der Waals surface area contributed by atoms with E-state index in [0.717, 1.165) is 35.6 Å². The van der Waals surface area contributed by atoms with E-state index < -0.39 is 17.8 Å². The van der Waals surface area contributed by atoms with Crippen LogP contribution < -0.4 is 16.0 Å². The summed E-state index contributed by atoms with van der Waals surface area (Å²) in [6.45, 7) is 4.31. The van der Waals surface area contributed by atoms with Crippen molar-refractivity contribution in [3.8, 4) is 0 Å². The molecule has 12 heteroatoms. The third kappa shape index (κ3) is 5.65. The van der Waals surface area contributed by atoms with Crippen LogP contribution in [0.1, 0.15) is 53.7 Å². The summed E-state index contributed by atoms with van der Waals surface area (Å²) in [5, 5.41) is 13.9. The Bertz CT molecular complexity index is 1570. The van der Waals surface area contributed by atoms with Gasteiger partial charge in [0, 0.05) is 37.3 Å². The predicted molar refractivity (Wildman–Crippen MR) is 153 cm³/mol. The molecule has 2 fully saturated rings. The number of carbonyl (C=O) groups excluding carboxylic acids is 3. The smallest absolute Gasteiger partial charge is 0.348 e. The van der Waals surface area contributed by atoms with Crippen LogP contribution in [0.25, 0.3) is 10.2 Å². The Morgan fingerprint density at radius 3 is 2.05 bits per heavy atom. The van der Waals surface area contributed by atoms with Crippen LogP contribution in [0.2, 0.25) is 0 Å². The monoisotopic (exact) mass is 575 g/mol. The number of esters is 1. The normalized spacial score (nSPS) is 19.1. The number of hydrogen-bond acceptors (Lipinski definition) is 10. The van der Waals surface area contributed by atoms with Gasteiger partial charge < -0.3 is 30.2 Å². The van der Waals surface area contributed by atoms with Gasteiger partial charge in [-0.3, -0.25) is 9.59 Å². The molecule has 2 saturated heterocycles. The van der Waals surface area contributed by atoms with Crippen LogP contribution in [-0.2, 0) is 14.2 Å². The van der Waals surface area contributed by atoms with Crippen LogP contribution in [0.4, 0.5) is 5.82 Å². The fourth-order valence-corrected chi connectivity index (χ4v) is 5.89. The molecule has 2 aromatic carbocycles. The Morgan fingerprint density at radius 1 is 0.927 bits per heavy atom. The number of nitrogens with one attached hydrogen (secondary N) is 3. The molecule has 0 spiro atoms. The van der Waals surface area contributed by atoms with E-state index in [0.29, 0.717) is 52.5 Å². The zero-order valence-electron chi connectivity index (χ0n) is 22.3. The SMILES string of the molecule is COC(=O)c1cc2c(s1)c(NC(=O)c1ccc(C3CNCCO3)cc1)nn2C(=O)c1ccc(C2CNCCO2)cc1. The number of anilines is 1. The first kappa shape index (κ1) is 27.2. The van der Waals surface area contributed by atoms with Crippen LogP contribution in [-0.4, -0.2) is 74.1 Å². The molecule has 4 aromatic rings. The van der Waals surface area contributed by atoms with Gasteiger partial charge in [-0.1, -0.05) is 24.3 Å². The quantitative estimate of drug-likeness (QED) is 0.297. The van der Waals surface area contributed by atoms with Gasteiger partial charge in [-0.15, -0.1) is 16.4 Å². The molecule has 2 aliphatic rings. The summed E-state index contributed by atoms with van der Waals surface area (Å²) in [6, 6.07) is 15.9. The highest BCUT2D eigenvalue weighted by atomic mass is 32.1. The molecule has 41 heavy (non-hydrogen) atoms. The van der Waals surface area contributed by atoms with Gasteiger partial charge >= 0.3 is 5.97 Å². The Hall–Kier alpha value is -3.94. The van der Waals surface area contributed by atoms with Crippen molar-refractivity contribution in [2.75, 3.05) is 51.8 Å². The number of methoxy groups -OCH3 is 1. The molecule has 3 N–H and O–H groups in total. The van der Waals surface area contributed by atoms with Crippen LogP contribution in [0.3, 0.4) is 0 Å². The van der Waals surface area contributed by atoms with Crippen molar-refractivity contribution in [3.63, 3.8) is 0 Å². The molecule has 2 atom stereocenters. The largest absolute Gasteiger partial charge is 0.465 e. The number of benzene rings is 2. The maximum absolute atomic E-state index is 13.6. The minimum atomic E-state index is -0.539. The highest BCUT2D eigenvalue weighted by Crippen LogP contribution is 2.33. The lowest BCUT2D eigenvalue weighted by Crippen LogP contribution is -2.33. The molecule has 2 aromatic heterocycles. The summed E-state index contributed by atoms with van der Waals surface area (Å²) in [5.41, 5.74) is 3.17. The summed E-state index contributed by atoms with van der Waals surface area (Å²) in [6.07, 6.45) is -0.141. The number of morpholine rings is 2. The molecule has 0 aliphatic carbocycles. The first-order valence-corrected chi connectivity index (χ1v) is 14.1. The molecule has 2 unspecified atom stereocenters. The average molecular weight is 576 g/mol. The van der Waals surface area contributed by atoms with Gasteiger partial charge in [0.2, 0.25) is 0 Å². The fraction of sp³-hybridized carbons (Fsp3) is 0.310. The Balaban J connectivity index is 1.26. The van der Waals surface area contributed by atoms with Crippen molar-refractivity contribution >= 4 is 45.2 Å². The van der Waals surface area contributed by atoms with Crippen LogP contribution in [0, 0.1) is 0 Å². The van der Waals surface area contributed by atoms with E-state index >= 15 is 0 Å². The highest BCUT2D eigenvalue weighted by molar-refractivity contribution is 7.21. The van der Waals surface area contributed by atoms with E-state index in [-0.39, 0.29) is 18.0 Å². The first-order valence-electron chi connectivity index (χ1n) is 13.3. The summed E-state index contributed by atoms with van der Waals surface area (Å²) in [7, 11) is 1.29. The molecular weight excluding hydrogens is 546 g/mol. The van der Waals surface area contributed by atoms with Gasteiger partial charge in [-0.2, -0.15) is 4.68 Å². The van der Waals surface area contributed by atoms with Crippen LogP contribution in [0.15, 0.2) is 54.6 Å². The van der Waals surface area contributed by atoms with E-state index in [9.17, 15) is 14.4 Å². The molecule has 0 radical (unpaired) electrons. The van der Waals surface area contributed by atoms with Gasteiger partial charge in [0.1, 0.15) is 4.88 Å². The number of nitrogens with zero attached hydrogens (tertiary/aromatic N) is 2. The number of ether oxygens (including phenoxy) is 3. The third-order valence-electron chi connectivity index (χ3n) is 7.10. The predicted octanol–water partition coefficient (Wildman–Crippen LogP) is 3.15. The number of fused-ring (bicyclic) bond motifs is 1. The van der Waals surface area contributed by atoms with E-state index in [1.54, 1.807) is 30.3 Å². The van der Waals surface area contributed by atoms with Gasteiger partial charge in [0.15, 0.2) is 5.82 Å². The van der Waals surface area contributed by atoms with E-state index in [1.807, 2.05) is 24.3 Å². The molecule has 2 aliphatic heterocycles. The van der Waals surface area contributed by atoms with E-state index in [1.165, 1.54) is 11.8 Å². The van der Waals surface area contributed by atoms with Crippen LogP contribution >= 0.6 is 11.3 Å². The minimum Gasteiger partial charge on any atom is -0.465 e. The maximum atomic E-state index is 13.6. The average Bonchev–Trinajstić information content (AvgIpc) is 3.62. The Morgan fingerprint density at radius 2 is 1.51 bits per heavy atom. The van der Waals surface area contributed by atoms with E-state index in [2.05, 4.69) is 21.0 Å². The molecule has 1 amide bonds. The Kier molecular flexibility index (Phi) is 7.90. The molecule has 212 valence electrons. The van der Waals surface area contributed by atoms with Crippen molar-refractivity contribution in [2.24, 2.45) is 0 Å². The maximum Gasteiger partial charge on any atom is 0.348 e. The Labute approximate surface area is 239 Å². The van der Waals surface area contributed by atoms with Crippen molar-refractivity contribution in [3.05, 3.63) is 81.7 Å². The lowest BCUT2D eigenvalue weighted by Gasteiger charge is -2.24. The molecule has 4 heterocycles. The molecule has 0 bridgehead atoms. The summed E-state index contributed by atoms with van der Waals surface area (Å²) in [5.74, 6) is -1.15. The second kappa shape index (κ2) is 11.9. The summed E-state index contributed by atoms with van der Waals surface area (Å²) < 4.78 is 18.2. The zero-order chi connectivity index (χ0) is 28.3. The molecule has 11 nitrogen and oxygen atoms in total. The summed E-state index contributed by atoms with van der Waals surface area (Å²) in [4.78, 5) is 39.3. The van der Waals surface area contributed by atoms with Gasteiger partial charge in [0.05, 0.1) is 42.7 Å². The lowest BCUT2D eigenvalue weighted by atomic mass is 10.1. The first-order chi connectivity index (χ1) is 20.0. The second-order valence-electron chi connectivity index (χ2n) is 9.71. The van der Waals surface area contributed by atoms with Crippen molar-refractivity contribution in [1.29, 1.82) is 0 Å². The second-order valence-corrected chi connectivity index (χ2v) is 10.8. The standard InChI is InChI=1S/C29H29N5O6S/c1-38-29(37)24-14-21-25(41-24)26(32-27(35)19-6-2-17(3-7-19)22-15-30-10-12-39-22)33-34(21)28(36)20-8-4-18(5-9-20)23-16-31-11-13-40-23/h2-9,14,22-23,30-31H,10-13,15-16H2,1H3,(H,32,33,35). The number of amides is 1. The van der Waals surface area contributed by atoms with Gasteiger partial charge in [-0.05, 0) is 41.5 Å². The number of aromatic nitrogens is 2. The van der Waals surface area contributed by atoms with Crippen molar-refractivity contribution in [1.82, 2.24) is 20.4 Å². The van der Waals surface area contributed by atoms with Crippen LogP contribution in [0.5, 0.6) is 0 Å². The number of thiophene rings is 1. The molecule has 0 saturated carbocycles.